The number of amides is 1. The lowest BCUT2D eigenvalue weighted by Crippen LogP contribution is -2.21. The van der Waals surface area contributed by atoms with Crippen LogP contribution in [-0.2, 0) is 20.9 Å². The number of benzene rings is 2. The standard InChI is InChI=1S/C18H17ClFNO3S/c1-12(18(23)24-10-13-2-4-14(19)5-3-13)25-11-17(22)21-16-8-6-15(20)7-9-16/h2-9,12H,10-11H2,1H3,(H,21,22)/t12-/m1/s1. The molecule has 1 N–H and O–H groups in total. The van der Waals surface area contributed by atoms with Crippen LogP contribution in [0.15, 0.2) is 48.5 Å². The summed E-state index contributed by atoms with van der Waals surface area (Å²) in [6, 6.07) is 12.5. The Morgan fingerprint density at radius 1 is 1.16 bits per heavy atom. The summed E-state index contributed by atoms with van der Waals surface area (Å²) < 4.78 is 18.0. The van der Waals surface area contributed by atoms with Crippen molar-refractivity contribution in [2.24, 2.45) is 0 Å². The van der Waals surface area contributed by atoms with Gasteiger partial charge in [-0.1, -0.05) is 23.7 Å². The summed E-state index contributed by atoms with van der Waals surface area (Å²) in [4.78, 5) is 23.8. The van der Waals surface area contributed by atoms with Crippen molar-refractivity contribution in [3.63, 3.8) is 0 Å². The smallest absolute Gasteiger partial charge is 0.319 e. The van der Waals surface area contributed by atoms with Gasteiger partial charge in [0, 0.05) is 10.7 Å². The Morgan fingerprint density at radius 3 is 2.44 bits per heavy atom. The van der Waals surface area contributed by atoms with Gasteiger partial charge in [-0.25, -0.2) is 4.39 Å². The largest absolute Gasteiger partial charge is 0.460 e. The minimum absolute atomic E-state index is 0.0919. The van der Waals surface area contributed by atoms with Crippen molar-refractivity contribution < 1.29 is 18.7 Å². The lowest BCUT2D eigenvalue weighted by molar-refractivity contribution is -0.143. The molecule has 2 aromatic carbocycles. The van der Waals surface area contributed by atoms with Crippen molar-refractivity contribution in [1.29, 1.82) is 0 Å². The van der Waals surface area contributed by atoms with Gasteiger partial charge in [-0.05, 0) is 48.9 Å². The maximum Gasteiger partial charge on any atom is 0.319 e. The van der Waals surface area contributed by atoms with Crippen LogP contribution in [0.2, 0.25) is 5.02 Å². The van der Waals surface area contributed by atoms with Crippen LogP contribution in [-0.4, -0.2) is 22.9 Å². The summed E-state index contributed by atoms with van der Waals surface area (Å²) in [6.45, 7) is 1.84. The Morgan fingerprint density at radius 2 is 1.80 bits per heavy atom. The Bertz CT molecular complexity index is 722. The molecule has 1 amide bonds. The molecule has 0 unspecified atom stereocenters. The summed E-state index contributed by atoms with van der Waals surface area (Å²) in [6.07, 6.45) is 0. The van der Waals surface area contributed by atoms with Crippen molar-refractivity contribution in [3.8, 4) is 0 Å². The van der Waals surface area contributed by atoms with E-state index in [2.05, 4.69) is 5.32 Å². The van der Waals surface area contributed by atoms with Crippen LogP contribution < -0.4 is 5.32 Å². The summed E-state index contributed by atoms with van der Waals surface area (Å²) >= 11 is 6.96. The number of carbonyl (C=O) groups is 2. The van der Waals surface area contributed by atoms with E-state index in [1.54, 1.807) is 31.2 Å². The van der Waals surface area contributed by atoms with Gasteiger partial charge in [0.05, 0.1) is 5.75 Å². The molecule has 7 heteroatoms. The van der Waals surface area contributed by atoms with Crippen LogP contribution >= 0.6 is 23.4 Å². The van der Waals surface area contributed by atoms with E-state index >= 15 is 0 Å². The quantitative estimate of drug-likeness (QED) is 0.727. The number of hydrogen-bond acceptors (Lipinski definition) is 4. The van der Waals surface area contributed by atoms with Crippen LogP contribution in [0.5, 0.6) is 0 Å². The third-order valence-corrected chi connectivity index (χ3v) is 4.59. The molecule has 0 spiro atoms. The van der Waals surface area contributed by atoms with Crippen LogP contribution in [0.4, 0.5) is 10.1 Å². The molecule has 0 heterocycles. The van der Waals surface area contributed by atoms with E-state index in [1.165, 1.54) is 36.0 Å². The second-order valence-electron chi connectivity index (χ2n) is 5.24. The lowest BCUT2D eigenvalue weighted by Gasteiger charge is -2.11. The molecule has 0 fully saturated rings. The van der Waals surface area contributed by atoms with E-state index < -0.39 is 11.2 Å². The zero-order valence-electron chi connectivity index (χ0n) is 13.5. The van der Waals surface area contributed by atoms with Crippen LogP contribution in [0.1, 0.15) is 12.5 Å². The second kappa shape index (κ2) is 9.44. The molecule has 0 aliphatic heterocycles. The third-order valence-electron chi connectivity index (χ3n) is 3.22. The Labute approximate surface area is 154 Å². The predicted molar refractivity (Wildman–Crippen MR) is 98.2 cm³/mol. The molecule has 0 aliphatic rings. The molecule has 0 saturated carbocycles. The topological polar surface area (TPSA) is 55.4 Å². The molecule has 2 rings (SSSR count). The highest BCUT2D eigenvalue weighted by Crippen LogP contribution is 2.16. The number of ether oxygens (including phenoxy) is 1. The van der Waals surface area contributed by atoms with Gasteiger partial charge in [0.15, 0.2) is 0 Å². The maximum atomic E-state index is 12.8. The summed E-state index contributed by atoms with van der Waals surface area (Å²) in [5.74, 6) is -0.942. The average molecular weight is 382 g/mol. The number of rotatable bonds is 7. The van der Waals surface area contributed by atoms with Gasteiger partial charge in [-0.15, -0.1) is 11.8 Å². The lowest BCUT2D eigenvalue weighted by atomic mass is 10.2. The summed E-state index contributed by atoms with van der Waals surface area (Å²) in [7, 11) is 0. The van der Waals surface area contributed by atoms with Crippen molar-refractivity contribution in [3.05, 3.63) is 64.9 Å². The number of thioether (sulfide) groups is 1. The number of nitrogens with one attached hydrogen (secondary N) is 1. The highest BCUT2D eigenvalue weighted by atomic mass is 35.5. The highest BCUT2D eigenvalue weighted by Gasteiger charge is 2.17. The molecule has 25 heavy (non-hydrogen) atoms. The first-order valence-corrected chi connectivity index (χ1v) is 8.95. The van der Waals surface area contributed by atoms with Gasteiger partial charge >= 0.3 is 5.97 Å². The van der Waals surface area contributed by atoms with E-state index in [0.29, 0.717) is 10.7 Å². The van der Waals surface area contributed by atoms with Crippen LogP contribution in [0, 0.1) is 5.82 Å². The van der Waals surface area contributed by atoms with Gasteiger partial charge in [0.25, 0.3) is 0 Å². The molecule has 0 saturated heterocycles. The molecular weight excluding hydrogens is 365 g/mol. The Balaban J connectivity index is 1.72. The molecule has 2 aromatic rings. The third kappa shape index (κ3) is 6.76. The number of hydrogen-bond donors (Lipinski definition) is 1. The van der Waals surface area contributed by atoms with Gasteiger partial charge in [-0.2, -0.15) is 0 Å². The highest BCUT2D eigenvalue weighted by molar-refractivity contribution is 8.01. The van der Waals surface area contributed by atoms with E-state index in [9.17, 15) is 14.0 Å². The number of anilines is 1. The maximum absolute atomic E-state index is 12.8. The fourth-order valence-electron chi connectivity index (χ4n) is 1.85. The monoisotopic (exact) mass is 381 g/mol. The normalized spacial score (nSPS) is 11.6. The van der Waals surface area contributed by atoms with Crippen LogP contribution in [0.25, 0.3) is 0 Å². The van der Waals surface area contributed by atoms with E-state index in [-0.39, 0.29) is 24.1 Å². The zero-order chi connectivity index (χ0) is 18.2. The first-order valence-electron chi connectivity index (χ1n) is 7.52. The number of esters is 1. The number of carbonyl (C=O) groups excluding carboxylic acids is 2. The van der Waals surface area contributed by atoms with Crippen molar-refractivity contribution in [2.45, 2.75) is 18.8 Å². The fraction of sp³-hybridized carbons (Fsp3) is 0.222. The fourth-order valence-corrected chi connectivity index (χ4v) is 2.66. The van der Waals surface area contributed by atoms with Crippen molar-refractivity contribution in [1.82, 2.24) is 0 Å². The van der Waals surface area contributed by atoms with Crippen molar-refractivity contribution in [2.75, 3.05) is 11.1 Å². The Kier molecular flexibility index (Phi) is 7.28. The van der Waals surface area contributed by atoms with Crippen LogP contribution in [0.3, 0.4) is 0 Å². The van der Waals surface area contributed by atoms with Crippen molar-refractivity contribution >= 4 is 40.9 Å². The first-order chi connectivity index (χ1) is 11.9. The summed E-state index contributed by atoms with van der Waals surface area (Å²) in [5, 5.41) is 2.77. The van der Waals surface area contributed by atoms with Gasteiger partial charge in [0.2, 0.25) is 5.91 Å². The minimum atomic E-state index is -0.480. The Hall–Kier alpha value is -2.05. The molecule has 0 aromatic heterocycles. The molecular formula is C18H17ClFNO3S. The molecule has 132 valence electrons. The number of halogens is 2. The van der Waals surface area contributed by atoms with E-state index in [1.807, 2.05) is 0 Å². The average Bonchev–Trinajstić information content (AvgIpc) is 2.61. The SMILES string of the molecule is C[C@@H](SCC(=O)Nc1ccc(F)cc1)C(=O)OCc1ccc(Cl)cc1. The molecule has 0 bridgehead atoms. The molecule has 0 radical (unpaired) electrons. The molecule has 0 aliphatic carbocycles. The zero-order valence-corrected chi connectivity index (χ0v) is 15.1. The second-order valence-corrected chi connectivity index (χ2v) is 7.01. The summed E-state index contributed by atoms with van der Waals surface area (Å²) in [5.41, 5.74) is 1.34. The molecule has 1 atom stereocenters. The van der Waals surface area contributed by atoms with E-state index in [0.717, 1.165) is 5.56 Å². The van der Waals surface area contributed by atoms with Gasteiger partial charge < -0.3 is 10.1 Å². The first kappa shape index (κ1) is 19.3. The van der Waals surface area contributed by atoms with Gasteiger partial charge in [-0.3, -0.25) is 9.59 Å². The molecule has 4 nitrogen and oxygen atoms in total. The van der Waals surface area contributed by atoms with Gasteiger partial charge in [0.1, 0.15) is 17.7 Å². The minimum Gasteiger partial charge on any atom is -0.460 e. The van der Waals surface area contributed by atoms with E-state index in [4.69, 9.17) is 16.3 Å². The predicted octanol–water partition coefficient (Wildman–Crippen LogP) is 4.28.